The van der Waals surface area contributed by atoms with Crippen LogP contribution in [-0.4, -0.2) is 26.2 Å². The lowest BCUT2D eigenvalue weighted by atomic mass is 10.1. The van der Waals surface area contributed by atoms with E-state index in [-0.39, 0.29) is 11.3 Å². The number of esters is 2. The molecule has 23 heavy (non-hydrogen) atoms. The van der Waals surface area contributed by atoms with Gasteiger partial charge in [0.05, 0.1) is 26.0 Å². The van der Waals surface area contributed by atoms with Gasteiger partial charge in [-0.1, -0.05) is 36.4 Å². The van der Waals surface area contributed by atoms with Crippen molar-refractivity contribution in [1.82, 2.24) is 0 Å². The largest absolute Gasteiger partial charge is 0.503 e. The number of hydrogen-bond acceptors (Lipinski definition) is 5. The van der Waals surface area contributed by atoms with Gasteiger partial charge in [0.25, 0.3) is 0 Å². The molecule has 0 unspecified atom stereocenters. The summed E-state index contributed by atoms with van der Waals surface area (Å²) >= 11 is 0. The molecular formula is C18H16O5. The third kappa shape index (κ3) is 3.97. The Balaban J connectivity index is 2.36. The highest BCUT2D eigenvalue weighted by Gasteiger charge is 2.19. The first kappa shape index (κ1) is 16.3. The van der Waals surface area contributed by atoms with Crippen LogP contribution < -0.4 is 4.74 Å². The van der Waals surface area contributed by atoms with Crippen LogP contribution in [0.1, 0.15) is 15.9 Å². The molecule has 0 bridgehead atoms. The molecule has 2 aromatic rings. The lowest BCUT2D eigenvalue weighted by Gasteiger charge is -2.11. The van der Waals surface area contributed by atoms with Crippen molar-refractivity contribution in [2.24, 2.45) is 0 Å². The van der Waals surface area contributed by atoms with Gasteiger partial charge in [0.2, 0.25) is 0 Å². The smallest absolute Gasteiger partial charge is 0.343 e. The van der Waals surface area contributed by atoms with Gasteiger partial charge in [0, 0.05) is 5.56 Å². The zero-order valence-electron chi connectivity index (χ0n) is 12.8. The van der Waals surface area contributed by atoms with Gasteiger partial charge >= 0.3 is 11.9 Å². The highest BCUT2D eigenvalue weighted by Crippen LogP contribution is 2.27. The lowest BCUT2D eigenvalue weighted by Crippen LogP contribution is -2.11. The molecule has 0 aliphatic rings. The normalized spacial score (nSPS) is 10.8. The van der Waals surface area contributed by atoms with Crippen LogP contribution in [0.2, 0.25) is 0 Å². The zero-order valence-corrected chi connectivity index (χ0v) is 12.8. The van der Waals surface area contributed by atoms with Crippen LogP contribution in [0.3, 0.4) is 0 Å². The Morgan fingerprint density at radius 3 is 2.22 bits per heavy atom. The summed E-state index contributed by atoms with van der Waals surface area (Å²) in [7, 11) is 2.69. The van der Waals surface area contributed by atoms with E-state index >= 15 is 0 Å². The summed E-state index contributed by atoms with van der Waals surface area (Å²) in [6.07, 6.45) is 1.25. The molecule has 0 atom stereocenters. The van der Waals surface area contributed by atoms with Gasteiger partial charge in [-0.15, -0.1) is 0 Å². The molecule has 0 saturated heterocycles. The predicted octanol–water partition coefficient (Wildman–Crippen LogP) is 3.07. The molecule has 0 radical (unpaired) electrons. The fourth-order valence-electron chi connectivity index (χ4n) is 1.96. The third-order valence-electron chi connectivity index (χ3n) is 3.03. The van der Waals surface area contributed by atoms with E-state index in [0.717, 1.165) is 0 Å². The number of rotatable bonds is 5. The minimum Gasteiger partial charge on any atom is -0.503 e. The number of hydrogen-bond donors (Lipinski definition) is 0. The second-order valence-corrected chi connectivity index (χ2v) is 4.51. The number of carbonyl (C=O) groups excluding carboxylic acids is 2. The van der Waals surface area contributed by atoms with Crippen molar-refractivity contribution in [1.29, 1.82) is 0 Å². The van der Waals surface area contributed by atoms with E-state index in [1.807, 2.05) is 0 Å². The fraction of sp³-hybridized carbons (Fsp3) is 0.111. The molecule has 0 fully saturated rings. The highest BCUT2D eigenvalue weighted by molar-refractivity contribution is 6.17. The summed E-state index contributed by atoms with van der Waals surface area (Å²) < 4.78 is 15.1. The molecule has 5 nitrogen and oxygen atoms in total. The Bertz CT molecular complexity index is 719. The minimum atomic E-state index is -0.588. The number of carbonyl (C=O) groups is 2. The van der Waals surface area contributed by atoms with Gasteiger partial charge in [0.1, 0.15) is 11.3 Å². The van der Waals surface area contributed by atoms with Crippen molar-refractivity contribution in [3.63, 3.8) is 0 Å². The topological polar surface area (TPSA) is 61.8 Å². The van der Waals surface area contributed by atoms with E-state index < -0.39 is 11.9 Å². The van der Waals surface area contributed by atoms with Crippen molar-refractivity contribution in [3.05, 3.63) is 72.0 Å². The molecule has 0 saturated carbocycles. The first-order chi connectivity index (χ1) is 11.2. The summed E-state index contributed by atoms with van der Waals surface area (Å²) in [6, 6.07) is 15.3. The molecule has 0 aliphatic heterocycles. The van der Waals surface area contributed by atoms with E-state index in [9.17, 15) is 9.59 Å². The van der Waals surface area contributed by atoms with E-state index in [1.54, 1.807) is 54.6 Å². The van der Waals surface area contributed by atoms with E-state index in [2.05, 4.69) is 0 Å². The van der Waals surface area contributed by atoms with Crippen molar-refractivity contribution in [3.8, 4) is 5.75 Å². The standard InChI is InChI=1S/C18H16O5/c1-21-12-15(18(20)22-2)14-10-6-7-11-16(14)23-17(19)13-8-4-3-5-9-13/h3-12H,1-2H3/b15-12+. The molecule has 0 amide bonds. The van der Waals surface area contributed by atoms with Crippen molar-refractivity contribution in [2.75, 3.05) is 14.2 Å². The highest BCUT2D eigenvalue weighted by atomic mass is 16.5. The van der Waals surface area contributed by atoms with E-state index in [1.165, 1.54) is 20.5 Å². The van der Waals surface area contributed by atoms with Gasteiger partial charge in [-0.05, 0) is 18.2 Å². The Hall–Kier alpha value is -3.08. The molecule has 0 heterocycles. The van der Waals surface area contributed by atoms with Crippen LogP contribution in [0.25, 0.3) is 5.57 Å². The molecule has 0 N–H and O–H groups in total. The summed E-state index contributed by atoms with van der Waals surface area (Å²) in [4.78, 5) is 24.1. The van der Waals surface area contributed by atoms with Crippen LogP contribution >= 0.6 is 0 Å². The number of benzene rings is 2. The predicted molar refractivity (Wildman–Crippen MR) is 84.8 cm³/mol. The SMILES string of the molecule is CO/C=C(/C(=O)OC)c1ccccc1OC(=O)c1ccccc1. The van der Waals surface area contributed by atoms with Crippen LogP contribution in [0.4, 0.5) is 0 Å². The molecule has 5 heteroatoms. The Morgan fingerprint density at radius 1 is 0.913 bits per heavy atom. The number of para-hydroxylation sites is 1. The maximum Gasteiger partial charge on any atom is 0.343 e. The molecule has 118 valence electrons. The summed E-state index contributed by atoms with van der Waals surface area (Å²) in [5.41, 5.74) is 0.981. The number of methoxy groups -OCH3 is 2. The van der Waals surface area contributed by atoms with Crippen LogP contribution in [-0.2, 0) is 14.3 Å². The van der Waals surface area contributed by atoms with Crippen LogP contribution in [0.15, 0.2) is 60.9 Å². The average Bonchev–Trinajstić information content (AvgIpc) is 2.60. The number of ether oxygens (including phenoxy) is 3. The molecule has 0 aromatic heterocycles. The Kier molecular flexibility index (Phi) is 5.52. The first-order valence-corrected chi connectivity index (χ1v) is 6.85. The average molecular weight is 312 g/mol. The zero-order chi connectivity index (χ0) is 16.7. The quantitative estimate of drug-likeness (QED) is 0.367. The van der Waals surface area contributed by atoms with Gasteiger partial charge in [-0.2, -0.15) is 0 Å². The summed E-state index contributed by atoms with van der Waals surface area (Å²) in [6.45, 7) is 0. The Morgan fingerprint density at radius 2 is 1.57 bits per heavy atom. The molecular weight excluding hydrogens is 296 g/mol. The third-order valence-corrected chi connectivity index (χ3v) is 3.03. The van der Waals surface area contributed by atoms with Gasteiger partial charge in [0.15, 0.2) is 0 Å². The molecule has 0 aliphatic carbocycles. The molecule has 0 spiro atoms. The maximum absolute atomic E-state index is 12.2. The van der Waals surface area contributed by atoms with Crippen molar-refractivity contribution in [2.45, 2.75) is 0 Å². The fourth-order valence-corrected chi connectivity index (χ4v) is 1.96. The van der Waals surface area contributed by atoms with Gasteiger partial charge < -0.3 is 14.2 Å². The van der Waals surface area contributed by atoms with Crippen LogP contribution in [0.5, 0.6) is 5.75 Å². The van der Waals surface area contributed by atoms with E-state index in [0.29, 0.717) is 11.1 Å². The first-order valence-electron chi connectivity index (χ1n) is 6.85. The van der Waals surface area contributed by atoms with Crippen molar-refractivity contribution < 1.29 is 23.8 Å². The Labute approximate surface area is 134 Å². The van der Waals surface area contributed by atoms with Crippen molar-refractivity contribution >= 4 is 17.5 Å². The minimum absolute atomic E-state index is 0.159. The maximum atomic E-state index is 12.2. The molecule has 2 rings (SSSR count). The second kappa shape index (κ2) is 7.79. The van der Waals surface area contributed by atoms with Gasteiger partial charge in [-0.3, -0.25) is 0 Å². The van der Waals surface area contributed by atoms with E-state index in [4.69, 9.17) is 14.2 Å². The van der Waals surface area contributed by atoms with Gasteiger partial charge in [-0.25, -0.2) is 9.59 Å². The van der Waals surface area contributed by atoms with Crippen LogP contribution in [0, 0.1) is 0 Å². The lowest BCUT2D eigenvalue weighted by molar-refractivity contribution is -0.133. The summed E-state index contributed by atoms with van der Waals surface area (Å²) in [5, 5.41) is 0. The summed E-state index contributed by atoms with van der Waals surface area (Å²) in [5.74, 6) is -0.857. The molecule has 2 aromatic carbocycles. The second-order valence-electron chi connectivity index (χ2n) is 4.51. The monoisotopic (exact) mass is 312 g/mol.